The minimum atomic E-state index is 0.663. The number of fused-ring (bicyclic) bond motifs is 1. The van der Waals surface area contributed by atoms with Crippen molar-refractivity contribution in [3.8, 4) is 16.3 Å². The van der Waals surface area contributed by atoms with Crippen LogP contribution in [0.25, 0.3) is 21.7 Å². The Morgan fingerprint density at radius 3 is 2.92 bits per heavy atom. The van der Waals surface area contributed by atoms with Crippen molar-refractivity contribution < 1.29 is 9.15 Å². The number of halogens is 1. The first-order valence-corrected chi connectivity index (χ1v) is 10.2. The Balaban J connectivity index is 1.52. The highest BCUT2D eigenvalue weighted by Crippen LogP contribution is 2.35. The van der Waals surface area contributed by atoms with Crippen molar-refractivity contribution in [2.24, 2.45) is 0 Å². The van der Waals surface area contributed by atoms with Crippen LogP contribution in [0.4, 0.5) is 0 Å². The maximum Gasteiger partial charge on any atom is 0.257 e. The summed E-state index contributed by atoms with van der Waals surface area (Å²) in [4.78, 5) is 9.20. The van der Waals surface area contributed by atoms with Gasteiger partial charge in [0.1, 0.15) is 16.3 Å². The number of thioether (sulfide) groups is 1. The molecule has 7 heteroatoms. The number of thiazole rings is 1. The van der Waals surface area contributed by atoms with Crippen LogP contribution in [0.5, 0.6) is 5.75 Å². The minimum Gasteiger partial charge on any atom is -0.496 e. The molecule has 0 spiro atoms. The highest BCUT2D eigenvalue weighted by atomic mass is 79.9. The van der Waals surface area contributed by atoms with Gasteiger partial charge in [-0.15, -0.1) is 11.3 Å². The van der Waals surface area contributed by atoms with Gasteiger partial charge in [-0.25, -0.2) is 9.97 Å². The molecule has 0 saturated carbocycles. The Morgan fingerprint density at radius 2 is 2.08 bits per heavy atom. The Morgan fingerprint density at radius 1 is 1.20 bits per heavy atom. The van der Waals surface area contributed by atoms with E-state index in [2.05, 4.69) is 26.3 Å². The number of nitrogens with zero attached hydrogens (tertiary/aromatic N) is 2. The number of rotatable bonds is 5. The van der Waals surface area contributed by atoms with E-state index >= 15 is 0 Å². The van der Waals surface area contributed by atoms with Crippen LogP contribution in [-0.4, -0.2) is 17.1 Å². The first-order valence-electron chi connectivity index (χ1n) is 7.49. The number of para-hydroxylation sites is 2. The molecule has 0 saturated heterocycles. The van der Waals surface area contributed by atoms with Gasteiger partial charge in [-0.05, 0) is 30.3 Å². The Kier molecular flexibility index (Phi) is 4.78. The number of benzene rings is 2. The monoisotopic (exact) mass is 432 g/mol. The molecule has 0 aliphatic heterocycles. The molecule has 2 heterocycles. The molecule has 4 rings (SSSR count). The highest BCUT2D eigenvalue weighted by molar-refractivity contribution is 9.10. The molecule has 0 atom stereocenters. The number of aromatic nitrogens is 2. The standard InChI is InChI=1S/C18H13BrN2O2S2/c1-22-15-7-6-11(19)8-13(15)17-20-12(9-24-17)10-25-18-21-14-4-2-3-5-16(14)23-18/h2-9H,10H2,1H3. The van der Waals surface area contributed by atoms with Gasteiger partial charge in [0.05, 0.1) is 18.4 Å². The smallest absolute Gasteiger partial charge is 0.257 e. The third-order valence-corrected chi connectivity index (χ3v) is 5.84. The summed E-state index contributed by atoms with van der Waals surface area (Å²) < 4.78 is 12.2. The molecule has 4 aromatic rings. The topological polar surface area (TPSA) is 48.2 Å². The van der Waals surface area contributed by atoms with Crippen LogP contribution < -0.4 is 4.74 Å². The number of hydrogen-bond acceptors (Lipinski definition) is 6. The van der Waals surface area contributed by atoms with Gasteiger partial charge in [-0.1, -0.05) is 39.8 Å². The molecule has 126 valence electrons. The van der Waals surface area contributed by atoms with E-state index in [1.165, 1.54) is 0 Å². The van der Waals surface area contributed by atoms with E-state index in [9.17, 15) is 0 Å². The van der Waals surface area contributed by atoms with Crippen molar-refractivity contribution in [1.82, 2.24) is 9.97 Å². The average molecular weight is 433 g/mol. The molecule has 0 amide bonds. The molecule has 0 aliphatic rings. The van der Waals surface area contributed by atoms with Crippen molar-refractivity contribution in [2.75, 3.05) is 7.11 Å². The van der Waals surface area contributed by atoms with Gasteiger partial charge < -0.3 is 9.15 Å². The molecule has 0 aliphatic carbocycles. The lowest BCUT2D eigenvalue weighted by atomic mass is 10.2. The van der Waals surface area contributed by atoms with Crippen LogP contribution in [0.1, 0.15) is 5.69 Å². The van der Waals surface area contributed by atoms with Crippen molar-refractivity contribution in [3.05, 3.63) is 58.0 Å². The zero-order valence-electron chi connectivity index (χ0n) is 13.2. The fraction of sp³-hybridized carbons (Fsp3) is 0.111. The third kappa shape index (κ3) is 3.58. The molecule has 0 N–H and O–H groups in total. The van der Waals surface area contributed by atoms with Crippen molar-refractivity contribution >= 4 is 50.1 Å². The lowest BCUT2D eigenvalue weighted by Gasteiger charge is -2.06. The predicted octanol–water partition coefficient (Wildman–Crippen LogP) is 6.01. The molecule has 25 heavy (non-hydrogen) atoms. The number of methoxy groups -OCH3 is 1. The van der Waals surface area contributed by atoms with Crippen LogP contribution in [0.3, 0.4) is 0 Å². The molecule has 2 aromatic carbocycles. The second-order valence-electron chi connectivity index (χ2n) is 5.22. The van der Waals surface area contributed by atoms with E-state index < -0.39 is 0 Å². The van der Waals surface area contributed by atoms with Gasteiger partial charge in [0.25, 0.3) is 5.22 Å². The molecular weight excluding hydrogens is 420 g/mol. The molecular formula is C18H13BrN2O2S2. The summed E-state index contributed by atoms with van der Waals surface area (Å²) in [6.07, 6.45) is 0. The van der Waals surface area contributed by atoms with Crippen LogP contribution >= 0.6 is 39.0 Å². The highest BCUT2D eigenvalue weighted by Gasteiger charge is 2.12. The second-order valence-corrected chi connectivity index (χ2v) is 7.93. The summed E-state index contributed by atoms with van der Waals surface area (Å²) in [5.74, 6) is 1.52. The van der Waals surface area contributed by atoms with Crippen LogP contribution in [0, 0.1) is 0 Å². The first kappa shape index (κ1) is 16.6. The Hall–Kier alpha value is -1.83. The third-order valence-electron chi connectivity index (χ3n) is 3.56. The summed E-state index contributed by atoms with van der Waals surface area (Å²) in [6.45, 7) is 0. The van der Waals surface area contributed by atoms with Gasteiger partial charge in [-0.2, -0.15) is 0 Å². The zero-order valence-corrected chi connectivity index (χ0v) is 16.5. The van der Waals surface area contributed by atoms with Crippen LogP contribution in [0.15, 0.2) is 62.0 Å². The summed E-state index contributed by atoms with van der Waals surface area (Å²) >= 11 is 6.66. The fourth-order valence-electron chi connectivity index (χ4n) is 2.39. The van der Waals surface area contributed by atoms with Crippen LogP contribution in [0.2, 0.25) is 0 Å². The lowest BCUT2D eigenvalue weighted by Crippen LogP contribution is -1.88. The second kappa shape index (κ2) is 7.19. The molecule has 0 fully saturated rings. The molecule has 0 bridgehead atoms. The van der Waals surface area contributed by atoms with Crippen molar-refractivity contribution in [3.63, 3.8) is 0 Å². The maximum atomic E-state index is 5.73. The Labute approximate surface area is 161 Å². The van der Waals surface area contributed by atoms with Gasteiger partial charge in [0, 0.05) is 15.6 Å². The van der Waals surface area contributed by atoms with E-state index in [4.69, 9.17) is 14.1 Å². The number of oxazole rings is 1. The molecule has 0 unspecified atom stereocenters. The summed E-state index contributed by atoms with van der Waals surface area (Å²) in [6, 6.07) is 13.7. The summed E-state index contributed by atoms with van der Waals surface area (Å²) in [5.41, 5.74) is 3.67. The number of ether oxygens (including phenoxy) is 1. The van der Waals surface area contributed by atoms with Gasteiger partial charge in [-0.3, -0.25) is 0 Å². The van der Waals surface area contributed by atoms with Crippen LogP contribution in [-0.2, 0) is 5.75 Å². The van der Waals surface area contributed by atoms with E-state index in [1.807, 2.05) is 42.5 Å². The lowest BCUT2D eigenvalue weighted by molar-refractivity contribution is 0.416. The summed E-state index contributed by atoms with van der Waals surface area (Å²) in [5, 5.41) is 3.66. The zero-order chi connectivity index (χ0) is 17.2. The SMILES string of the molecule is COc1ccc(Br)cc1-c1nc(CSc2nc3ccccc3o2)cs1. The molecule has 0 radical (unpaired) electrons. The molecule has 2 aromatic heterocycles. The number of hydrogen-bond donors (Lipinski definition) is 0. The average Bonchev–Trinajstić information content (AvgIpc) is 3.26. The predicted molar refractivity (Wildman–Crippen MR) is 105 cm³/mol. The quantitative estimate of drug-likeness (QED) is 0.361. The molecule has 4 nitrogen and oxygen atoms in total. The van der Waals surface area contributed by atoms with Gasteiger partial charge >= 0.3 is 0 Å². The fourth-order valence-corrected chi connectivity index (χ4v) is 4.43. The first-order chi connectivity index (χ1) is 12.2. The normalized spacial score (nSPS) is 11.1. The summed E-state index contributed by atoms with van der Waals surface area (Å²) in [7, 11) is 1.67. The van der Waals surface area contributed by atoms with E-state index in [0.717, 1.165) is 37.6 Å². The van der Waals surface area contributed by atoms with E-state index in [0.29, 0.717) is 11.0 Å². The Bertz CT molecular complexity index is 996. The maximum absolute atomic E-state index is 5.73. The van der Waals surface area contributed by atoms with Gasteiger partial charge in [0.2, 0.25) is 0 Å². The van der Waals surface area contributed by atoms with Crippen molar-refractivity contribution in [2.45, 2.75) is 11.0 Å². The van der Waals surface area contributed by atoms with Crippen molar-refractivity contribution in [1.29, 1.82) is 0 Å². The van der Waals surface area contributed by atoms with E-state index in [-0.39, 0.29) is 0 Å². The minimum absolute atomic E-state index is 0.663. The van der Waals surface area contributed by atoms with Gasteiger partial charge in [0.15, 0.2) is 5.58 Å². The largest absolute Gasteiger partial charge is 0.496 e. The van der Waals surface area contributed by atoms with E-state index in [1.54, 1.807) is 30.2 Å².